The molecule has 0 fully saturated rings. The zero-order valence-corrected chi connectivity index (χ0v) is 13.9. The van der Waals surface area contributed by atoms with Crippen LogP contribution in [0.3, 0.4) is 0 Å². The lowest BCUT2D eigenvalue weighted by Gasteiger charge is -2.07. The number of aromatic nitrogens is 2. The molecule has 0 aliphatic rings. The van der Waals surface area contributed by atoms with E-state index in [9.17, 15) is 14.0 Å². The minimum absolute atomic E-state index is 0.0507. The minimum atomic E-state index is -0.543. The number of halogens is 2. The van der Waals surface area contributed by atoms with E-state index in [2.05, 4.69) is 15.3 Å². The van der Waals surface area contributed by atoms with Gasteiger partial charge in [0.2, 0.25) is 5.91 Å². The zero-order chi connectivity index (χ0) is 17.8. The summed E-state index contributed by atoms with van der Waals surface area (Å²) in [6, 6.07) is 11.0. The van der Waals surface area contributed by atoms with Gasteiger partial charge in [-0.1, -0.05) is 23.7 Å². The largest absolute Gasteiger partial charge is 0.324 e. The molecule has 0 aliphatic heterocycles. The van der Waals surface area contributed by atoms with Gasteiger partial charge in [-0.2, -0.15) is 0 Å². The van der Waals surface area contributed by atoms with E-state index in [1.165, 1.54) is 18.2 Å². The molecule has 0 aliphatic carbocycles. The number of rotatable bonds is 5. The summed E-state index contributed by atoms with van der Waals surface area (Å²) in [5, 5.41) is 3.36. The molecule has 1 heterocycles. The van der Waals surface area contributed by atoms with Crippen LogP contribution in [0.25, 0.3) is 10.9 Å². The standard InChI is InChI=1S/C18H15ClFN3O2/c19-11-8-9-13(20)15(10-11)22-17(24)7-3-6-16-21-14-5-2-1-4-12(14)18(25)23-16/h1-2,4-5,8-10H,3,6-7H2,(H,22,24)(H,21,23,25). The molecule has 5 nitrogen and oxygen atoms in total. The number of aromatic amines is 1. The van der Waals surface area contributed by atoms with Crippen LogP contribution in [-0.2, 0) is 11.2 Å². The molecule has 128 valence electrons. The number of fused-ring (bicyclic) bond motifs is 1. The van der Waals surface area contributed by atoms with Crippen LogP contribution in [0, 0.1) is 5.82 Å². The van der Waals surface area contributed by atoms with Crippen molar-refractivity contribution in [2.45, 2.75) is 19.3 Å². The van der Waals surface area contributed by atoms with Gasteiger partial charge in [0.25, 0.3) is 5.56 Å². The van der Waals surface area contributed by atoms with E-state index in [0.717, 1.165) is 0 Å². The van der Waals surface area contributed by atoms with E-state index in [-0.39, 0.29) is 23.6 Å². The van der Waals surface area contributed by atoms with Gasteiger partial charge in [-0.3, -0.25) is 9.59 Å². The Morgan fingerprint density at radius 3 is 2.88 bits per heavy atom. The van der Waals surface area contributed by atoms with Crippen molar-refractivity contribution in [1.29, 1.82) is 0 Å². The number of anilines is 1. The Bertz CT molecular complexity index is 987. The van der Waals surface area contributed by atoms with Crippen molar-refractivity contribution in [2.24, 2.45) is 0 Å². The fourth-order valence-electron chi connectivity index (χ4n) is 2.48. The maximum absolute atomic E-state index is 13.6. The van der Waals surface area contributed by atoms with Gasteiger partial charge >= 0.3 is 0 Å². The molecule has 1 amide bonds. The molecule has 7 heteroatoms. The fraction of sp³-hybridized carbons (Fsp3) is 0.167. The van der Waals surface area contributed by atoms with Crippen molar-refractivity contribution in [2.75, 3.05) is 5.32 Å². The summed E-state index contributed by atoms with van der Waals surface area (Å²) < 4.78 is 13.6. The Balaban J connectivity index is 1.60. The first-order valence-corrected chi connectivity index (χ1v) is 8.13. The SMILES string of the molecule is O=C(CCCc1nc2ccccc2c(=O)[nH]1)Nc1cc(Cl)ccc1F. The van der Waals surface area contributed by atoms with Crippen molar-refractivity contribution in [3.05, 3.63) is 69.5 Å². The molecule has 0 bridgehead atoms. The second kappa shape index (κ2) is 7.44. The minimum Gasteiger partial charge on any atom is -0.324 e. The van der Waals surface area contributed by atoms with Gasteiger partial charge in [0.1, 0.15) is 11.6 Å². The maximum Gasteiger partial charge on any atom is 0.258 e. The van der Waals surface area contributed by atoms with Gasteiger partial charge in [-0.15, -0.1) is 0 Å². The molecule has 0 saturated carbocycles. The molecule has 0 atom stereocenters. The molecule has 3 aromatic rings. The topological polar surface area (TPSA) is 74.8 Å². The number of para-hydroxylation sites is 1. The van der Waals surface area contributed by atoms with Gasteiger partial charge in [0, 0.05) is 17.9 Å². The summed E-state index contributed by atoms with van der Waals surface area (Å²) in [5.74, 6) is -0.354. The third-order valence-corrected chi connectivity index (χ3v) is 3.92. The molecule has 0 radical (unpaired) electrons. The molecular weight excluding hydrogens is 345 g/mol. The van der Waals surface area contributed by atoms with Crippen molar-refractivity contribution in [3.63, 3.8) is 0 Å². The number of nitrogens with zero attached hydrogens (tertiary/aromatic N) is 1. The van der Waals surface area contributed by atoms with E-state index in [1.807, 2.05) is 6.07 Å². The predicted octanol–water partition coefficient (Wildman–Crippen LogP) is 3.68. The monoisotopic (exact) mass is 359 g/mol. The number of aryl methyl sites for hydroxylation is 1. The second-order valence-electron chi connectivity index (χ2n) is 5.56. The third-order valence-electron chi connectivity index (χ3n) is 3.68. The number of hydrogen-bond donors (Lipinski definition) is 2. The Labute approximate surface area is 147 Å². The first-order chi connectivity index (χ1) is 12.0. The van der Waals surface area contributed by atoms with Crippen LogP contribution in [0.4, 0.5) is 10.1 Å². The lowest BCUT2D eigenvalue weighted by molar-refractivity contribution is -0.116. The Morgan fingerprint density at radius 1 is 1.24 bits per heavy atom. The van der Waals surface area contributed by atoms with Gasteiger partial charge in [0.15, 0.2) is 0 Å². The molecule has 0 spiro atoms. The van der Waals surface area contributed by atoms with Crippen LogP contribution in [-0.4, -0.2) is 15.9 Å². The number of hydrogen-bond acceptors (Lipinski definition) is 3. The van der Waals surface area contributed by atoms with E-state index < -0.39 is 5.82 Å². The van der Waals surface area contributed by atoms with Crippen molar-refractivity contribution < 1.29 is 9.18 Å². The average molecular weight is 360 g/mol. The highest BCUT2D eigenvalue weighted by Gasteiger charge is 2.09. The second-order valence-corrected chi connectivity index (χ2v) is 5.99. The maximum atomic E-state index is 13.6. The van der Waals surface area contributed by atoms with Crippen LogP contribution in [0.2, 0.25) is 5.02 Å². The molecule has 0 unspecified atom stereocenters. The van der Waals surface area contributed by atoms with E-state index in [4.69, 9.17) is 11.6 Å². The summed E-state index contributed by atoms with van der Waals surface area (Å²) in [6.07, 6.45) is 1.07. The van der Waals surface area contributed by atoms with Crippen LogP contribution < -0.4 is 10.9 Å². The number of H-pyrrole nitrogens is 1. The quantitative estimate of drug-likeness (QED) is 0.729. The predicted molar refractivity (Wildman–Crippen MR) is 95.3 cm³/mol. The summed E-state index contributed by atoms with van der Waals surface area (Å²) in [4.78, 5) is 31.0. The van der Waals surface area contributed by atoms with Gasteiger partial charge in [-0.05, 0) is 36.8 Å². The lowest BCUT2D eigenvalue weighted by Crippen LogP contribution is -2.14. The fourth-order valence-corrected chi connectivity index (χ4v) is 2.65. The van der Waals surface area contributed by atoms with E-state index >= 15 is 0 Å². The van der Waals surface area contributed by atoms with Gasteiger partial charge in [0.05, 0.1) is 16.6 Å². The molecule has 2 N–H and O–H groups in total. The highest BCUT2D eigenvalue weighted by molar-refractivity contribution is 6.30. The number of amides is 1. The summed E-state index contributed by atoms with van der Waals surface area (Å²) in [7, 11) is 0. The molecule has 1 aromatic heterocycles. The average Bonchev–Trinajstić information content (AvgIpc) is 2.58. The molecule has 3 rings (SSSR count). The van der Waals surface area contributed by atoms with E-state index in [1.54, 1.807) is 18.2 Å². The first kappa shape index (κ1) is 17.1. The van der Waals surface area contributed by atoms with Crippen LogP contribution in [0.15, 0.2) is 47.3 Å². The Hall–Kier alpha value is -2.73. The highest BCUT2D eigenvalue weighted by atomic mass is 35.5. The van der Waals surface area contributed by atoms with Crippen LogP contribution in [0.1, 0.15) is 18.7 Å². The zero-order valence-electron chi connectivity index (χ0n) is 13.2. The summed E-state index contributed by atoms with van der Waals surface area (Å²) in [6.45, 7) is 0. The van der Waals surface area contributed by atoms with E-state index in [0.29, 0.717) is 34.6 Å². The number of nitrogens with one attached hydrogen (secondary N) is 2. The smallest absolute Gasteiger partial charge is 0.258 e. The van der Waals surface area contributed by atoms with Gasteiger partial charge in [-0.25, -0.2) is 9.37 Å². The molecule has 25 heavy (non-hydrogen) atoms. The normalized spacial score (nSPS) is 10.8. The highest BCUT2D eigenvalue weighted by Crippen LogP contribution is 2.19. The summed E-state index contributed by atoms with van der Waals surface area (Å²) in [5.41, 5.74) is 0.465. The molecule has 0 saturated heterocycles. The van der Waals surface area contributed by atoms with Crippen molar-refractivity contribution >= 4 is 34.1 Å². The Kier molecular flexibility index (Phi) is 5.09. The van der Waals surface area contributed by atoms with Crippen LogP contribution in [0.5, 0.6) is 0 Å². The Morgan fingerprint density at radius 2 is 2.04 bits per heavy atom. The van der Waals surface area contributed by atoms with Crippen molar-refractivity contribution in [1.82, 2.24) is 9.97 Å². The number of carbonyl (C=O) groups excluding carboxylic acids is 1. The first-order valence-electron chi connectivity index (χ1n) is 7.76. The summed E-state index contributed by atoms with van der Waals surface area (Å²) >= 11 is 5.79. The van der Waals surface area contributed by atoms with Gasteiger partial charge < -0.3 is 10.3 Å². The van der Waals surface area contributed by atoms with Crippen LogP contribution >= 0.6 is 11.6 Å². The molecular formula is C18H15ClFN3O2. The lowest BCUT2D eigenvalue weighted by atomic mass is 10.2. The number of carbonyl (C=O) groups is 1. The van der Waals surface area contributed by atoms with Crippen molar-refractivity contribution in [3.8, 4) is 0 Å². The number of benzene rings is 2. The third kappa shape index (κ3) is 4.22. The molecule has 2 aromatic carbocycles.